The van der Waals surface area contributed by atoms with E-state index in [1.54, 1.807) is 6.07 Å². The Labute approximate surface area is 89.4 Å². The molecule has 1 fully saturated rings. The Morgan fingerprint density at radius 3 is 2.69 bits per heavy atom. The standard InChI is InChI=1S/C9H8INO2/c10-8-4-3-7(6-1-2-6)5-9(8)11(12)13/h3-6H,1-2H2. The second kappa shape index (κ2) is 3.25. The fourth-order valence-electron chi connectivity index (χ4n) is 1.34. The lowest BCUT2D eigenvalue weighted by Crippen LogP contribution is -1.92. The van der Waals surface area contributed by atoms with Crippen molar-refractivity contribution in [3.63, 3.8) is 0 Å². The summed E-state index contributed by atoms with van der Waals surface area (Å²) < 4.78 is 0.715. The molecular weight excluding hydrogens is 281 g/mol. The quantitative estimate of drug-likeness (QED) is 0.477. The van der Waals surface area contributed by atoms with Crippen molar-refractivity contribution in [2.75, 3.05) is 0 Å². The van der Waals surface area contributed by atoms with Gasteiger partial charge in [-0.1, -0.05) is 6.07 Å². The van der Waals surface area contributed by atoms with Gasteiger partial charge in [-0.3, -0.25) is 10.1 Å². The minimum absolute atomic E-state index is 0.241. The third kappa shape index (κ3) is 1.82. The van der Waals surface area contributed by atoms with E-state index in [1.807, 2.05) is 34.7 Å². The molecule has 0 radical (unpaired) electrons. The average Bonchev–Trinajstić information content (AvgIpc) is 2.87. The van der Waals surface area contributed by atoms with Crippen LogP contribution in [-0.2, 0) is 0 Å². The maximum Gasteiger partial charge on any atom is 0.282 e. The molecule has 4 heteroatoms. The molecule has 1 aliphatic rings. The molecule has 0 atom stereocenters. The summed E-state index contributed by atoms with van der Waals surface area (Å²) in [6, 6.07) is 5.53. The highest BCUT2D eigenvalue weighted by atomic mass is 127. The minimum Gasteiger partial charge on any atom is -0.258 e. The van der Waals surface area contributed by atoms with Crippen LogP contribution in [0.1, 0.15) is 24.3 Å². The summed E-state index contributed by atoms with van der Waals surface area (Å²) in [6.07, 6.45) is 2.36. The summed E-state index contributed by atoms with van der Waals surface area (Å²) in [4.78, 5) is 10.3. The molecule has 1 aromatic rings. The van der Waals surface area contributed by atoms with Crippen molar-refractivity contribution in [2.24, 2.45) is 0 Å². The van der Waals surface area contributed by atoms with Gasteiger partial charge in [0.15, 0.2) is 0 Å². The highest BCUT2D eigenvalue weighted by molar-refractivity contribution is 14.1. The molecule has 0 saturated heterocycles. The summed E-state index contributed by atoms with van der Waals surface area (Å²) in [5, 5.41) is 10.6. The highest BCUT2D eigenvalue weighted by Crippen LogP contribution is 2.41. The Balaban J connectivity index is 2.41. The molecule has 0 aliphatic heterocycles. The lowest BCUT2D eigenvalue weighted by molar-refractivity contribution is -0.385. The Morgan fingerprint density at radius 2 is 2.15 bits per heavy atom. The molecule has 1 saturated carbocycles. The maximum atomic E-state index is 10.6. The van der Waals surface area contributed by atoms with Crippen molar-refractivity contribution in [1.82, 2.24) is 0 Å². The van der Waals surface area contributed by atoms with Gasteiger partial charge < -0.3 is 0 Å². The summed E-state index contributed by atoms with van der Waals surface area (Å²) in [6.45, 7) is 0. The smallest absolute Gasteiger partial charge is 0.258 e. The van der Waals surface area contributed by atoms with Crippen LogP contribution in [0.5, 0.6) is 0 Å². The van der Waals surface area contributed by atoms with E-state index in [9.17, 15) is 10.1 Å². The maximum absolute atomic E-state index is 10.6. The summed E-state index contributed by atoms with van der Waals surface area (Å²) in [7, 11) is 0. The topological polar surface area (TPSA) is 43.1 Å². The van der Waals surface area contributed by atoms with Crippen molar-refractivity contribution in [2.45, 2.75) is 18.8 Å². The average molecular weight is 289 g/mol. The van der Waals surface area contributed by atoms with Gasteiger partial charge in [0.05, 0.1) is 8.49 Å². The third-order valence-electron chi connectivity index (χ3n) is 2.22. The predicted octanol–water partition coefficient (Wildman–Crippen LogP) is 3.08. The molecule has 0 amide bonds. The van der Waals surface area contributed by atoms with Gasteiger partial charge in [-0.2, -0.15) is 0 Å². The van der Waals surface area contributed by atoms with Crippen LogP contribution in [-0.4, -0.2) is 4.92 Å². The third-order valence-corrected chi connectivity index (χ3v) is 3.13. The molecule has 0 N–H and O–H groups in total. The van der Waals surface area contributed by atoms with Gasteiger partial charge in [-0.15, -0.1) is 0 Å². The van der Waals surface area contributed by atoms with Crippen LogP contribution in [0.25, 0.3) is 0 Å². The van der Waals surface area contributed by atoms with Crippen LogP contribution in [0.4, 0.5) is 5.69 Å². The zero-order valence-electron chi connectivity index (χ0n) is 6.87. The number of nitro benzene ring substituents is 1. The molecule has 2 rings (SSSR count). The van der Waals surface area contributed by atoms with Crippen molar-refractivity contribution >= 4 is 28.3 Å². The molecule has 13 heavy (non-hydrogen) atoms. The van der Waals surface area contributed by atoms with Crippen LogP contribution in [0.15, 0.2) is 18.2 Å². The Hall–Kier alpha value is -0.650. The molecule has 0 unspecified atom stereocenters. The Kier molecular flexibility index (Phi) is 2.23. The van der Waals surface area contributed by atoms with Crippen LogP contribution in [0.2, 0.25) is 0 Å². The normalized spacial score (nSPS) is 15.8. The number of hydrogen-bond acceptors (Lipinski definition) is 2. The molecular formula is C9H8INO2. The summed E-state index contributed by atoms with van der Waals surface area (Å²) in [5.74, 6) is 0.579. The highest BCUT2D eigenvalue weighted by Gasteiger charge is 2.25. The van der Waals surface area contributed by atoms with Crippen LogP contribution >= 0.6 is 22.6 Å². The second-order valence-corrected chi connectivity index (χ2v) is 4.40. The summed E-state index contributed by atoms with van der Waals surface area (Å²) >= 11 is 1.99. The van der Waals surface area contributed by atoms with Crippen LogP contribution in [0, 0.1) is 13.7 Å². The second-order valence-electron chi connectivity index (χ2n) is 3.24. The van der Waals surface area contributed by atoms with Gasteiger partial charge in [-0.05, 0) is 53.0 Å². The molecule has 1 aromatic carbocycles. The number of benzene rings is 1. The van der Waals surface area contributed by atoms with E-state index in [0.29, 0.717) is 9.49 Å². The van der Waals surface area contributed by atoms with Crippen LogP contribution < -0.4 is 0 Å². The first-order valence-corrected chi connectivity index (χ1v) is 5.20. The molecule has 3 nitrogen and oxygen atoms in total. The summed E-state index contributed by atoms with van der Waals surface area (Å²) in [5.41, 5.74) is 1.36. The SMILES string of the molecule is O=[N+]([O-])c1cc(C2CC2)ccc1I. The molecule has 68 valence electrons. The van der Waals surface area contributed by atoms with E-state index in [4.69, 9.17) is 0 Å². The largest absolute Gasteiger partial charge is 0.282 e. The van der Waals surface area contributed by atoms with E-state index < -0.39 is 0 Å². The van der Waals surface area contributed by atoms with E-state index in [-0.39, 0.29) is 10.6 Å². The molecule has 0 bridgehead atoms. The Morgan fingerprint density at radius 1 is 1.46 bits per heavy atom. The van der Waals surface area contributed by atoms with Crippen molar-refractivity contribution in [3.8, 4) is 0 Å². The number of hydrogen-bond donors (Lipinski definition) is 0. The molecule has 0 spiro atoms. The van der Waals surface area contributed by atoms with Crippen molar-refractivity contribution in [3.05, 3.63) is 37.4 Å². The molecule has 1 aliphatic carbocycles. The lowest BCUT2D eigenvalue weighted by atomic mass is 10.1. The van der Waals surface area contributed by atoms with E-state index in [1.165, 1.54) is 12.8 Å². The molecule has 0 aromatic heterocycles. The number of nitrogens with zero attached hydrogens (tertiary/aromatic N) is 1. The number of nitro groups is 1. The molecule has 0 heterocycles. The minimum atomic E-state index is -0.312. The zero-order chi connectivity index (χ0) is 9.42. The monoisotopic (exact) mass is 289 g/mol. The van der Waals surface area contributed by atoms with Gasteiger partial charge in [0.1, 0.15) is 0 Å². The first-order chi connectivity index (χ1) is 6.18. The van der Waals surface area contributed by atoms with Gasteiger partial charge >= 0.3 is 0 Å². The van der Waals surface area contributed by atoms with Gasteiger partial charge in [0.25, 0.3) is 5.69 Å². The fourth-order valence-corrected chi connectivity index (χ4v) is 1.87. The van der Waals surface area contributed by atoms with Crippen molar-refractivity contribution in [1.29, 1.82) is 0 Å². The first kappa shape index (κ1) is 8.93. The fraction of sp³-hybridized carbons (Fsp3) is 0.333. The predicted molar refractivity (Wildman–Crippen MR) is 57.8 cm³/mol. The zero-order valence-corrected chi connectivity index (χ0v) is 9.02. The van der Waals surface area contributed by atoms with Crippen LogP contribution in [0.3, 0.4) is 0 Å². The van der Waals surface area contributed by atoms with E-state index in [2.05, 4.69) is 0 Å². The first-order valence-electron chi connectivity index (χ1n) is 4.12. The van der Waals surface area contributed by atoms with Gasteiger partial charge in [0, 0.05) is 6.07 Å². The van der Waals surface area contributed by atoms with Crippen molar-refractivity contribution < 1.29 is 4.92 Å². The van der Waals surface area contributed by atoms with Gasteiger partial charge in [0.2, 0.25) is 0 Å². The van der Waals surface area contributed by atoms with E-state index in [0.717, 1.165) is 5.56 Å². The lowest BCUT2D eigenvalue weighted by Gasteiger charge is -1.99. The number of halogens is 1. The Bertz CT molecular complexity index is 361. The van der Waals surface area contributed by atoms with E-state index >= 15 is 0 Å². The number of rotatable bonds is 2. The van der Waals surface area contributed by atoms with Gasteiger partial charge in [-0.25, -0.2) is 0 Å².